The molecule has 0 saturated heterocycles. The summed E-state index contributed by atoms with van der Waals surface area (Å²) in [4.78, 5) is 15.3. The first-order chi connectivity index (χ1) is 7.56. The van der Waals surface area contributed by atoms with Crippen LogP contribution in [-0.2, 0) is 0 Å². The van der Waals surface area contributed by atoms with Gasteiger partial charge in [-0.15, -0.1) is 6.58 Å². The van der Waals surface area contributed by atoms with Gasteiger partial charge in [0.25, 0.3) is 5.91 Å². The van der Waals surface area contributed by atoms with Gasteiger partial charge in [-0.05, 0) is 6.92 Å². The summed E-state index contributed by atoms with van der Waals surface area (Å²) in [5, 5.41) is 11.8. The van der Waals surface area contributed by atoms with Crippen molar-refractivity contribution in [3.8, 4) is 0 Å². The quantitative estimate of drug-likeness (QED) is 0.611. The molecule has 0 aliphatic carbocycles. The van der Waals surface area contributed by atoms with Crippen LogP contribution in [0.2, 0.25) is 0 Å². The summed E-state index contributed by atoms with van der Waals surface area (Å²) in [6.45, 7) is 5.34. The van der Waals surface area contributed by atoms with Gasteiger partial charge in [-0.25, -0.2) is 4.98 Å². The van der Waals surface area contributed by atoms with Crippen molar-refractivity contribution in [1.29, 1.82) is 0 Å². The minimum atomic E-state index is -0.789. The largest absolute Gasteiger partial charge is 0.446 e. The van der Waals surface area contributed by atoms with Crippen LogP contribution in [0.5, 0.6) is 0 Å². The molecule has 1 aromatic rings. The lowest BCUT2D eigenvalue weighted by Gasteiger charge is -2.09. The lowest BCUT2D eigenvalue weighted by atomic mass is 10.2. The molecule has 0 aliphatic heterocycles. The number of nitrogens with one attached hydrogen (secondary N) is 1. The molecule has 2 unspecified atom stereocenters. The first kappa shape index (κ1) is 12.4. The molecule has 1 heterocycles. The third kappa shape index (κ3) is 2.91. The van der Waals surface area contributed by atoms with E-state index in [1.165, 1.54) is 13.2 Å². The maximum Gasteiger partial charge on any atom is 0.273 e. The standard InChI is InChI=1S/C10H15N3O3/c1-3-4-12-9(15)7-5-16-10(13-7)8(11)6(2)14/h3,5-6,8,14H,1,4,11H2,2H3,(H,12,15). The predicted octanol–water partition coefficient (Wildman–Crippen LogP) is -0.0290. The van der Waals surface area contributed by atoms with Gasteiger partial charge in [0, 0.05) is 6.54 Å². The van der Waals surface area contributed by atoms with E-state index in [1.807, 2.05) is 0 Å². The molecule has 6 nitrogen and oxygen atoms in total. The van der Waals surface area contributed by atoms with Crippen LogP contribution in [0.15, 0.2) is 23.3 Å². The molecular weight excluding hydrogens is 210 g/mol. The fraction of sp³-hybridized carbons (Fsp3) is 0.400. The Morgan fingerprint density at radius 2 is 2.56 bits per heavy atom. The Morgan fingerprint density at radius 1 is 1.88 bits per heavy atom. The van der Waals surface area contributed by atoms with Crippen molar-refractivity contribution in [3.05, 3.63) is 30.5 Å². The molecule has 0 fully saturated rings. The van der Waals surface area contributed by atoms with E-state index >= 15 is 0 Å². The van der Waals surface area contributed by atoms with Gasteiger partial charge in [0.2, 0.25) is 5.89 Å². The van der Waals surface area contributed by atoms with Crippen LogP contribution in [0.4, 0.5) is 0 Å². The molecular formula is C10H15N3O3. The molecule has 0 radical (unpaired) electrons. The van der Waals surface area contributed by atoms with Gasteiger partial charge < -0.3 is 20.6 Å². The number of aliphatic hydroxyl groups excluding tert-OH is 1. The highest BCUT2D eigenvalue weighted by Crippen LogP contribution is 2.13. The Balaban J connectivity index is 2.70. The van der Waals surface area contributed by atoms with Crippen LogP contribution >= 0.6 is 0 Å². The van der Waals surface area contributed by atoms with Crippen molar-refractivity contribution in [2.75, 3.05) is 6.54 Å². The number of aliphatic hydroxyl groups is 1. The van der Waals surface area contributed by atoms with Crippen molar-refractivity contribution in [2.24, 2.45) is 5.73 Å². The summed E-state index contributed by atoms with van der Waals surface area (Å²) >= 11 is 0. The van der Waals surface area contributed by atoms with Gasteiger partial charge in [0.05, 0.1) is 6.10 Å². The van der Waals surface area contributed by atoms with E-state index in [1.54, 1.807) is 6.08 Å². The monoisotopic (exact) mass is 225 g/mol. The van der Waals surface area contributed by atoms with E-state index in [-0.39, 0.29) is 17.5 Å². The third-order valence-electron chi connectivity index (χ3n) is 1.97. The summed E-state index contributed by atoms with van der Waals surface area (Å²) in [7, 11) is 0. The first-order valence-electron chi connectivity index (χ1n) is 4.84. The van der Waals surface area contributed by atoms with Crippen molar-refractivity contribution in [1.82, 2.24) is 10.3 Å². The molecule has 0 aliphatic rings. The molecule has 0 bridgehead atoms. The summed E-state index contributed by atoms with van der Waals surface area (Å²) in [5.74, 6) is -0.230. The maximum absolute atomic E-state index is 11.4. The summed E-state index contributed by atoms with van der Waals surface area (Å²) in [6, 6.07) is -0.735. The number of hydrogen-bond acceptors (Lipinski definition) is 5. The first-order valence-corrected chi connectivity index (χ1v) is 4.84. The summed E-state index contributed by atoms with van der Waals surface area (Å²) in [5.41, 5.74) is 5.73. The van der Waals surface area contributed by atoms with E-state index in [4.69, 9.17) is 10.2 Å². The Hall–Kier alpha value is -1.66. The van der Waals surface area contributed by atoms with E-state index < -0.39 is 12.1 Å². The SMILES string of the molecule is C=CCNC(=O)c1coc(C(N)C(C)O)n1. The van der Waals surface area contributed by atoms with E-state index in [0.29, 0.717) is 6.54 Å². The highest BCUT2D eigenvalue weighted by atomic mass is 16.3. The lowest BCUT2D eigenvalue weighted by Crippen LogP contribution is -2.25. The fourth-order valence-corrected chi connectivity index (χ4v) is 1.01. The Bertz CT molecular complexity index is 373. The lowest BCUT2D eigenvalue weighted by molar-refractivity contribution is 0.0952. The van der Waals surface area contributed by atoms with Crippen LogP contribution in [0.3, 0.4) is 0 Å². The maximum atomic E-state index is 11.4. The molecule has 4 N–H and O–H groups in total. The molecule has 0 aromatic carbocycles. The molecule has 16 heavy (non-hydrogen) atoms. The second-order valence-electron chi connectivity index (χ2n) is 3.34. The average molecular weight is 225 g/mol. The molecule has 6 heteroatoms. The van der Waals surface area contributed by atoms with Crippen LogP contribution in [-0.4, -0.2) is 28.6 Å². The highest BCUT2D eigenvalue weighted by Gasteiger charge is 2.20. The van der Waals surface area contributed by atoms with Crippen molar-refractivity contribution < 1.29 is 14.3 Å². The highest BCUT2D eigenvalue weighted by molar-refractivity contribution is 5.91. The topological polar surface area (TPSA) is 101 Å². The Kier molecular flexibility index (Phi) is 4.21. The molecule has 88 valence electrons. The minimum absolute atomic E-state index is 0.132. The summed E-state index contributed by atoms with van der Waals surface area (Å²) < 4.78 is 5.01. The zero-order valence-electron chi connectivity index (χ0n) is 9.01. The Morgan fingerprint density at radius 3 is 3.12 bits per heavy atom. The van der Waals surface area contributed by atoms with Gasteiger partial charge in [-0.1, -0.05) is 6.08 Å². The molecule has 0 spiro atoms. The van der Waals surface area contributed by atoms with Gasteiger partial charge in [-0.3, -0.25) is 4.79 Å². The molecule has 1 aromatic heterocycles. The molecule has 1 rings (SSSR count). The van der Waals surface area contributed by atoms with Gasteiger partial charge >= 0.3 is 0 Å². The summed E-state index contributed by atoms with van der Waals surface area (Å²) in [6.07, 6.45) is 1.97. The number of oxazole rings is 1. The van der Waals surface area contributed by atoms with Gasteiger partial charge in [0.15, 0.2) is 5.69 Å². The van der Waals surface area contributed by atoms with E-state index in [9.17, 15) is 9.90 Å². The minimum Gasteiger partial charge on any atom is -0.446 e. The number of nitrogens with two attached hydrogens (primary N) is 1. The number of aromatic nitrogens is 1. The Labute approximate surface area is 93.2 Å². The second kappa shape index (κ2) is 5.43. The molecule has 2 atom stereocenters. The van der Waals surface area contributed by atoms with Crippen LogP contribution in [0, 0.1) is 0 Å². The second-order valence-corrected chi connectivity index (χ2v) is 3.34. The number of nitrogens with zero attached hydrogens (tertiary/aromatic N) is 1. The third-order valence-corrected chi connectivity index (χ3v) is 1.97. The van der Waals surface area contributed by atoms with E-state index in [2.05, 4.69) is 16.9 Å². The van der Waals surface area contributed by atoms with Gasteiger partial charge in [-0.2, -0.15) is 0 Å². The zero-order chi connectivity index (χ0) is 12.1. The van der Waals surface area contributed by atoms with Crippen LogP contribution in [0.25, 0.3) is 0 Å². The van der Waals surface area contributed by atoms with Crippen molar-refractivity contribution in [3.63, 3.8) is 0 Å². The smallest absolute Gasteiger partial charge is 0.273 e. The number of hydrogen-bond donors (Lipinski definition) is 3. The van der Waals surface area contributed by atoms with Crippen LogP contribution < -0.4 is 11.1 Å². The van der Waals surface area contributed by atoms with Gasteiger partial charge in [0.1, 0.15) is 12.3 Å². The normalized spacial score (nSPS) is 14.2. The number of amides is 1. The van der Waals surface area contributed by atoms with E-state index in [0.717, 1.165) is 0 Å². The van der Waals surface area contributed by atoms with Crippen molar-refractivity contribution >= 4 is 5.91 Å². The number of carbonyl (C=O) groups is 1. The van der Waals surface area contributed by atoms with Crippen LogP contribution in [0.1, 0.15) is 29.3 Å². The average Bonchev–Trinajstić information content (AvgIpc) is 2.73. The van der Waals surface area contributed by atoms with Crippen molar-refractivity contribution in [2.45, 2.75) is 19.1 Å². The molecule has 0 saturated carbocycles. The fourth-order valence-electron chi connectivity index (χ4n) is 1.01. The number of carbonyl (C=O) groups excluding carboxylic acids is 1. The zero-order valence-corrected chi connectivity index (χ0v) is 9.01. The number of rotatable bonds is 5. The predicted molar refractivity (Wildman–Crippen MR) is 57.6 cm³/mol. The molecule has 1 amide bonds.